The Labute approximate surface area is 114 Å². The van der Waals surface area contributed by atoms with E-state index < -0.39 is 11.7 Å². The van der Waals surface area contributed by atoms with Crippen LogP contribution in [0.2, 0.25) is 0 Å². The van der Waals surface area contributed by atoms with E-state index in [0.29, 0.717) is 6.54 Å². The molecule has 0 amide bonds. The van der Waals surface area contributed by atoms with Crippen molar-refractivity contribution in [2.24, 2.45) is 0 Å². The maximum absolute atomic E-state index is 12.9. The van der Waals surface area contributed by atoms with Crippen molar-refractivity contribution in [3.05, 3.63) is 35.7 Å². The molecule has 0 aliphatic carbocycles. The number of benzene rings is 1. The van der Waals surface area contributed by atoms with E-state index in [2.05, 4.69) is 15.5 Å². The minimum Gasteiger partial charge on any atom is -0.419 e. The van der Waals surface area contributed by atoms with E-state index in [1.807, 2.05) is 6.92 Å². The van der Waals surface area contributed by atoms with Crippen molar-refractivity contribution in [2.45, 2.75) is 26.1 Å². The highest BCUT2D eigenvalue weighted by Crippen LogP contribution is 2.36. The molecule has 0 aliphatic heterocycles. The van der Waals surface area contributed by atoms with Crippen molar-refractivity contribution in [1.29, 1.82) is 0 Å². The summed E-state index contributed by atoms with van der Waals surface area (Å²) < 4.78 is 44.1. The number of aromatic nitrogens is 2. The van der Waals surface area contributed by atoms with Crippen molar-refractivity contribution in [3.8, 4) is 11.5 Å². The van der Waals surface area contributed by atoms with Gasteiger partial charge in [0.2, 0.25) is 11.8 Å². The Balaban J connectivity index is 2.38. The van der Waals surface area contributed by atoms with Gasteiger partial charge in [-0.15, -0.1) is 10.2 Å². The average molecular weight is 285 g/mol. The molecule has 1 N–H and O–H groups in total. The van der Waals surface area contributed by atoms with E-state index in [4.69, 9.17) is 4.42 Å². The second-order valence-corrected chi connectivity index (χ2v) is 4.27. The van der Waals surface area contributed by atoms with E-state index in [-0.39, 0.29) is 23.4 Å². The van der Waals surface area contributed by atoms with Gasteiger partial charge in [0.25, 0.3) is 0 Å². The lowest BCUT2D eigenvalue weighted by Gasteiger charge is -2.10. The molecule has 1 aromatic carbocycles. The van der Waals surface area contributed by atoms with Gasteiger partial charge in [0.1, 0.15) is 0 Å². The van der Waals surface area contributed by atoms with Crippen LogP contribution in [0.4, 0.5) is 13.2 Å². The molecule has 1 heterocycles. The largest absolute Gasteiger partial charge is 0.419 e. The van der Waals surface area contributed by atoms with Gasteiger partial charge < -0.3 is 9.73 Å². The molecule has 0 saturated heterocycles. The molecule has 2 aromatic rings. The molecule has 2 rings (SSSR count). The normalized spacial score (nSPS) is 13.4. The van der Waals surface area contributed by atoms with Gasteiger partial charge in [-0.05, 0) is 25.6 Å². The van der Waals surface area contributed by atoms with Gasteiger partial charge in [0.05, 0.1) is 17.2 Å². The Morgan fingerprint density at radius 3 is 2.60 bits per heavy atom. The molecule has 0 spiro atoms. The molecule has 0 fully saturated rings. The summed E-state index contributed by atoms with van der Waals surface area (Å²) in [5, 5.41) is 10.5. The number of halogens is 3. The topological polar surface area (TPSA) is 51.0 Å². The molecule has 1 atom stereocenters. The first-order valence-corrected chi connectivity index (χ1v) is 6.17. The van der Waals surface area contributed by atoms with Gasteiger partial charge in [0.15, 0.2) is 0 Å². The fraction of sp³-hybridized carbons (Fsp3) is 0.385. The molecule has 1 unspecified atom stereocenters. The predicted molar refractivity (Wildman–Crippen MR) is 66.8 cm³/mol. The quantitative estimate of drug-likeness (QED) is 0.935. The highest BCUT2D eigenvalue weighted by atomic mass is 19.4. The van der Waals surface area contributed by atoms with Crippen LogP contribution >= 0.6 is 0 Å². The Bertz CT molecular complexity index is 580. The smallest absolute Gasteiger partial charge is 0.417 e. The minimum atomic E-state index is -4.46. The second kappa shape index (κ2) is 5.62. The van der Waals surface area contributed by atoms with Crippen LogP contribution in [0.15, 0.2) is 28.7 Å². The highest BCUT2D eigenvalue weighted by Gasteiger charge is 2.34. The zero-order valence-electron chi connectivity index (χ0n) is 11.0. The van der Waals surface area contributed by atoms with Gasteiger partial charge in [-0.3, -0.25) is 0 Å². The monoisotopic (exact) mass is 285 g/mol. The van der Waals surface area contributed by atoms with Crippen molar-refractivity contribution >= 4 is 0 Å². The summed E-state index contributed by atoms with van der Waals surface area (Å²) in [5.41, 5.74) is -0.895. The second-order valence-electron chi connectivity index (χ2n) is 4.27. The van der Waals surface area contributed by atoms with Crippen molar-refractivity contribution in [1.82, 2.24) is 15.5 Å². The SMILES string of the molecule is CCNC(C)c1nnc(-c2ccccc2C(F)(F)F)o1. The van der Waals surface area contributed by atoms with E-state index in [1.54, 1.807) is 6.92 Å². The van der Waals surface area contributed by atoms with Crippen LogP contribution in [0.1, 0.15) is 31.3 Å². The summed E-state index contributed by atoms with van der Waals surface area (Å²) in [4.78, 5) is 0. The summed E-state index contributed by atoms with van der Waals surface area (Å²) in [6.45, 7) is 4.40. The molecule has 0 aliphatic rings. The van der Waals surface area contributed by atoms with Crippen LogP contribution in [-0.2, 0) is 6.18 Å². The molecule has 0 radical (unpaired) electrons. The van der Waals surface area contributed by atoms with Gasteiger partial charge in [0, 0.05) is 0 Å². The fourth-order valence-corrected chi connectivity index (χ4v) is 1.83. The summed E-state index contributed by atoms with van der Waals surface area (Å²) in [7, 11) is 0. The maximum Gasteiger partial charge on any atom is 0.417 e. The number of hydrogen-bond donors (Lipinski definition) is 1. The summed E-state index contributed by atoms with van der Waals surface area (Å²) in [5.74, 6) is 0.136. The lowest BCUT2D eigenvalue weighted by Crippen LogP contribution is -2.17. The fourth-order valence-electron chi connectivity index (χ4n) is 1.83. The summed E-state index contributed by atoms with van der Waals surface area (Å²) >= 11 is 0. The van der Waals surface area contributed by atoms with E-state index in [0.717, 1.165) is 6.07 Å². The molecule has 0 saturated carbocycles. The third-order valence-electron chi connectivity index (χ3n) is 2.78. The molecule has 4 nitrogen and oxygen atoms in total. The van der Waals surface area contributed by atoms with Gasteiger partial charge >= 0.3 is 6.18 Å². The van der Waals surface area contributed by atoms with Crippen molar-refractivity contribution in [2.75, 3.05) is 6.54 Å². The Hall–Kier alpha value is -1.89. The summed E-state index contributed by atoms with van der Waals surface area (Å²) in [6.07, 6.45) is -4.46. The van der Waals surface area contributed by atoms with E-state index >= 15 is 0 Å². The predicted octanol–water partition coefficient (Wildman–Crippen LogP) is 3.43. The standard InChI is InChI=1S/C13H14F3N3O/c1-3-17-8(2)11-18-19-12(20-11)9-6-4-5-7-10(9)13(14,15)16/h4-8,17H,3H2,1-2H3. The highest BCUT2D eigenvalue weighted by molar-refractivity contribution is 5.59. The third kappa shape index (κ3) is 2.98. The number of nitrogens with zero attached hydrogens (tertiary/aromatic N) is 2. The lowest BCUT2D eigenvalue weighted by molar-refractivity contribution is -0.137. The van der Waals surface area contributed by atoms with Crippen molar-refractivity contribution < 1.29 is 17.6 Å². The average Bonchev–Trinajstić information content (AvgIpc) is 2.87. The van der Waals surface area contributed by atoms with E-state index in [9.17, 15) is 13.2 Å². The van der Waals surface area contributed by atoms with Crippen LogP contribution in [-0.4, -0.2) is 16.7 Å². The lowest BCUT2D eigenvalue weighted by atomic mass is 10.1. The number of hydrogen-bond acceptors (Lipinski definition) is 4. The van der Waals surface area contributed by atoms with E-state index in [1.165, 1.54) is 18.2 Å². The van der Waals surface area contributed by atoms with Crippen LogP contribution in [0.3, 0.4) is 0 Å². The first-order chi connectivity index (χ1) is 9.43. The minimum absolute atomic E-state index is 0.109. The first-order valence-electron chi connectivity index (χ1n) is 6.17. The first kappa shape index (κ1) is 14.5. The number of alkyl halides is 3. The van der Waals surface area contributed by atoms with Crippen LogP contribution in [0.5, 0.6) is 0 Å². The summed E-state index contributed by atoms with van der Waals surface area (Å²) in [6, 6.07) is 4.93. The molecular formula is C13H14F3N3O. The van der Waals surface area contributed by atoms with Crippen LogP contribution in [0, 0.1) is 0 Å². The molecule has 1 aromatic heterocycles. The zero-order valence-corrected chi connectivity index (χ0v) is 11.0. The number of rotatable bonds is 4. The Morgan fingerprint density at radius 2 is 1.95 bits per heavy atom. The Kier molecular flexibility index (Phi) is 4.08. The zero-order chi connectivity index (χ0) is 14.8. The third-order valence-corrected chi connectivity index (χ3v) is 2.78. The van der Waals surface area contributed by atoms with Crippen molar-refractivity contribution in [3.63, 3.8) is 0 Å². The van der Waals surface area contributed by atoms with Crippen LogP contribution in [0.25, 0.3) is 11.5 Å². The molecular weight excluding hydrogens is 271 g/mol. The maximum atomic E-state index is 12.9. The van der Waals surface area contributed by atoms with Crippen LogP contribution < -0.4 is 5.32 Å². The molecule has 0 bridgehead atoms. The van der Waals surface area contributed by atoms with Gasteiger partial charge in [-0.25, -0.2) is 0 Å². The molecule has 7 heteroatoms. The van der Waals surface area contributed by atoms with Gasteiger partial charge in [-0.1, -0.05) is 19.1 Å². The Morgan fingerprint density at radius 1 is 1.25 bits per heavy atom. The number of nitrogens with one attached hydrogen (secondary N) is 1. The molecule has 108 valence electrons. The molecule has 20 heavy (non-hydrogen) atoms. The van der Waals surface area contributed by atoms with Gasteiger partial charge in [-0.2, -0.15) is 13.2 Å².